The van der Waals surface area contributed by atoms with Gasteiger partial charge in [0.15, 0.2) is 0 Å². The molecule has 7 aromatic carbocycles. The normalized spacial score (nSPS) is 12.5. The Morgan fingerprint density at radius 3 is 1.74 bits per heavy atom. The van der Waals surface area contributed by atoms with E-state index in [0.29, 0.717) is 5.56 Å². The van der Waals surface area contributed by atoms with Crippen molar-refractivity contribution < 1.29 is 0 Å². The zero-order chi connectivity index (χ0) is 34.1. The lowest BCUT2D eigenvalue weighted by Gasteiger charge is -2.24. The Morgan fingerprint density at radius 2 is 1.14 bits per heavy atom. The predicted octanol–water partition coefficient (Wildman–Crippen LogP) is 12.0. The second kappa shape index (κ2) is 15.4. The van der Waals surface area contributed by atoms with Crippen molar-refractivity contribution >= 4 is 17.0 Å². The zero-order valence-electron chi connectivity index (χ0n) is 28.2. The SMILES string of the molecule is CCCC(NC(N=Cc1ccc(-c2ccc(-c3ccc(-c4cccc(C#N)c4)cc3)c3ccccc23)cc1)c1ccccc1)c1ccccc1. The van der Waals surface area contributed by atoms with Gasteiger partial charge >= 0.3 is 0 Å². The molecule has 0 radical (unpaired) electrons. The smallest absolute Gasteiger partial charge is 0.126 e. The van der Waals surface area contributed by atoms with Gasteiger partial charge in [-0.05, 0) is 79.4 Å². The summed E-state index contributed by atoms with van der Waals surface area (Å²) in [4.78, 5) is 5.09. The highest BCUT2D eigenvalue weighted by Gasteiger charge is 2.17. The fourth-order valence-electron chi connectivity index (χ4n) is 6.69. The molecule has 50 heavy (non-hydrogen) atoms. The van der Waals surface area contributed by atoms with E-state index in [4.69, 9.17) is 4.99 Å². The molecule has 0 bridgehead atoms. The highest BCUT2D eigenvalue weighted by Crippen LogP contribution is 2.36. The van der Waals surface area contributed by atoms with Crippen LogP contribution in [0.2, 0.25) is 0 Å². The largest absolute Gasteiger partial charge is 0.285 e. The van der Waals surface area contributed by atoms with Crippen LogP contribution in [0.15, 0.2) is 175 Å². The lowest BCUT2D eigenvalue weighted by Crippen LogP contribution is -2.25. The number of hydrogen-bond donors (Lipinski definition) is 1. The lowest BCUT2D eigenvalue weighted by molar-refractivity contribution is 0.430. The van der Waals surface area contributed by atoms with Crippen molar-refractivity contribution in [2.45, 2.75) is 32.0 Å². The van der Waals surface area contributed by atoms with Crippen LogP contribution < -0.4 is 5.32 Å². The van der Waals surface area contributed by atoms with E-state index in [1.54, 1.807) is 0 Å². The first-order valence-corrected chi connectivity index (χ1v) is 17.3. The van der Waals surface area contributed by atoms with Gasteiger partial charge in [0.1, 0.15) is 6.17 Å². The molecule has 242 valence electrons. The number of fused-ring (bicyclic) bond motifs is 1. The quantitative estimate of drug-likeness (QED) is 0.142. The number of aliphatic imine (C=N–C) groups is 1. The van der Waals surface area contributed by atoms with Crippen molar-refractivity contribution in [2.75, 3.05) is 0 Å². The first kappa shape index (κ1) is 32.5. The highest BCUT2D eigenvalue weighted by molar-refractivity contribution is 6.05. The minimum atomic E-state index is -0.166. The van der Waals surface area contributed by atoms with Crippen LogP contribution in [0.1, 0.15) is 54.2 Å². The first-order valence-electron chi connectivity index (χ1n) is 17.3. The summed E-state index contributed by atoms with van der Waals surface area (Å²) in [7, 11) is 0. The predicted molar refractivity (Wildman–Crippen MR) is 209 cm³/mol. The van der Waals surface area contributed by atoms with Crippen LogP contribution in [-0.4, -0.2) is 6.21 Å². The topological polar surface area (TPSA) is 48.2 Å². The molecule has 0 heterocycles. The molecular weight excluding hydrogens is 607 g/mol. The minimum Gasteiger partial charge on any atom is -0.285 e. The van der Waals surface area contributed by atoms with Gasteiger partial charge < -0.3 is 0 Å². The second-order valence-corrected chi connectivity index (χ2v) is 12.6. The molecule has 0 spiro atoms. The maximum atomic E-state index is 9.32. The molecule has 0 aliphatic rings. The molecule has 0 saturated carbocycles. The van der Waals surface area contributed by atoms with E-state index in [1.807, 2.05) is 36.5 Å². The van der Waals surface area contributed by atoms with Gasteiger partial charge in [-0.15, -0.1) is 0 Å². The number of nitrogens with one attached hydrogen (secondary N) is 1. The van der Waals surface area contributed by atoms with Crippen LogP contribution in [0.3, 0.4) is 0 Å². The maximum absolute atomic E-state index is 9.32. The summed E-state index contributed by atoms with van der Waals surface area (Å²) >= 11 is 0. The standard InChI is InChI=1S/C47H39N3/c1-2-12-46(39-14-5-3-6-15-39)50-47(40-16-7-4-8-17-40)49-33-34-21-23-37(24-22-34)42-29-30-43(45-20-10-9-19-44(42)45)38-27-25-36(26-28-38)41-18-11-13-35(31-41)32-48/h3-11,13-31,33,46-47,50H,2,12H2,1H3. The van der Waals surface area contributed by atoms with Gasteiger partial charge in [0.2, 0.25) is 0 Å². The molecule has 0 saturated heterocycles. The van der Waals surface area contributed by atoms with Crippen LogP contribution in [0.4, 0.5) is 0 Å². The molecule has 0 amide bonds. The van der Waals surface area contributed by atoms with Gasteiger partial charge in [-0.2, -0.15) is 5.26 Å². The average molecular weight is 646 g/mol. The number of nitriles is 1. The summed E-state index contributed by atoms with van der Waals surface area (Å²) in [5.74, 6) is 0. The summed E-state index contributed by atoms with van der Waals surface area (Å²) in [6.07, 6.45) is 3.94. The average Bonchev–Trinajstić information content (AvgIpc) is 3.19. The summed E-state index contributed by atoms with van der Waals surface area (Å²) < 4.78 is 0. The molecule has 2 unspecified atom stereocenters. The number of benzene rings is 7. The summed E-state index contributed by atoms with van der Waals surface area (Å²) in [5, 5.41) is 15.6. The third-order valence-electron chi connectivity index (χ3n) is 9.29. The minimum absolute atomic E-state index is 0.166. The molecule has 0 fully saturated rings. The summed E-state index contributed by atoms with van der Waals surface area (Å²) in [6, 6.07) is 61.8. The van der Waals surface area contributed by atoms with E-state index < -0.39 is 0 Å². The van der Waals surface area contributed by atoms with E-state index in [-0.39, 0.29) is 12.2 Å². The van der Waals surface area contributed by atoms with E-state index in [9.17, 15) is 5.26 Å². The molecule has 1 N–H and O–H groups in total. The van der Waals surface area contributed by atoms with Crippen molar-refractivity contribution in [3.63, 3.8) is 0 Å². The molecule has 7 aromatic rings. The van der Waals surface area contributed by atoms with Crippen LogP contribution in [0.25, 0.3) is 44.2 Å². The van der Waals surface area contributed by atoms with Gasteiger partial charge in [0.25, 0.3) is 0 Å². The van der Waals surface area contributed by atoms with E-state index in [0.717, 1.165) is 40.7 Å². The van der Waals surface area contributed by atoms with Crippen molar-refractivity contribution in [2.24, 2.45) is 4.99 Å². The van der Waals surface area contributed by atoms with E-state index in [2.05, 4.69) is 158 Å². The van der Waals surface area contributed by atoms with Gasteiger partial charge in [-0.25, -0.2) is 0 Å². The number of nitrogens with zero attached hydrogens (tertiary/aromatic N) is 2. The maximum Gasteiger partial charge on any atom is 0.126 e. The molecule has 0 aliphatic heterocycles. The fraction of sp³-hybridized carbons (Fsp3) is 0.106. The summed E-state index contributed by atoms with van der Waals surface area (Å²) in [5.41, 5.74) is 11.0. The zero-order valence-corrected chi connectivity index (χ0v) is 28.2. The van der Waals surface area contributed by atoms with Crippen LogP contribution >= 0.6 is 0 Å². The Bertz CT molecular complexity index is 2250. The number of rotatable bonds is 11. The second-order valence-electron chi connectivity index (χ2n) is 12.6. The van der Waals surface area contributed by atoms with E-state index in [1.165, 1.54) is 33.0 Å². The third kappa shape index (κ3) is 7.32. The highest BCUT2D eigenvalue weighted by atomic mass is 15.1. The van der Waals surface area contributed by atoms with Gasteiger partial charge in [0, 0.05) is 12.3 Å². The lowest BCUT2D eigenvalue weighted by atomic mass is 9.91. The fourth-order valence-corrected chi connectivity index (χ4v) is 6.69. The van der Waals surface area contributed by atoms with Crippen molar-refractivity contribution in [1.82, 2.24) is 5.32 Å². The summed E-state index contributed by atoms with van der Waals surface area (Å²) in [6.45, 7) is 2.23. The molecule has 3 nitrogen and oxygen atoms in total. The molecule has 2 atom stereocenters. The molecule has 0 aromatic heterocycles. The van der Waals surface area contributed by atoms with Gasteiger partial charge in [-0.1, -0.05) is 171 Å². The Hall–Kier alpha value is -6.08. The van der Waals surface area contributed by atoms with Crippen LogP contribution in [0, 0.1) is 11.3 Å². The molecule has 0 aliphatic carbocycles. The molecule has 3 heteroatoms. The number of hydrogen-bond acceptors (Lipinski definition) is 3. The van der Waals surface area contributed by atoms with Crippen molar-refractivity contribution in [3.8, 4) is 39.4 Å². The van der Waals surface area contributed by atoms with E-state index >= 15 is 0 Å². The Kier molecular flexibility index (Phi) is 10.0. The Labute approximate surface area is 295 Å². The molecule has 7 rings (SSSR count). The molecular formula is C47H39N3. The van der Waals surface area contributed by atoms with Crippen LogP contribution in [-0.2, 0) is 0 Å². The van der Waals surface area contributed by atoms with Crippen molar-refractivity contribution in [3.05, 3.63) is 192 Å². The van der Waals surface area contributed by atoms with Gasteiger partial charge in [-0.3, -0.25) is 10.3 Å². The van der Waals surface area contributed by atoms with Gasteiger partial charge in [0.05, 0.1) is 11.6 Å². The van der Waals surface area contributed by atoms with Crippen LogP contribution in [0.5, 0.6) is 0 Å². The Morgan fingerprint density at radius 1 is 0.580 bits per heavy atom. The first-order chi connectivity index (χ1) is 24.7. The van der Waals surface area contributed by atoms with Crippen molar-refractivity contribution in [1.29, 1.82) is 5.26 Å². The Balaban J connectivity index is 1.14. The third-order valence-corrected chi connectivity index (χ3v) is 9.29. The monoisotopic (exact) mass is 645 g/mol.